The molecule has 1 heterocycles. The van der Waals surface area contributed by atoms with Crippen molar-refractivity contribution in [2.75, 3.05) is 0 Å². The fraction of sp³-hybridized carbons (Fsp3) is 0.878. The van der Waals surface area contributed by atoms with E-state index in [4.69, 9.17) is 4.98 Å². The summed E-state index contributed by atoms with van der Waals surface area (Å²) in [4.78, 5) is 4.78. The predicted octanol–water partition coefficient (Wildman–Crippen LogP) is 14.7. The lowest BCUT2D eigenvalue weighted by Gasteiger charge is -2.09. The highest BCUT2D eigenvalue weighted by molar-refractivity contribution is 5.20. The summed E-state index contributed by atoms with van der Waals surface area (Å²) in [6.07, 6.45) is 50.5. The summed E-state index contributed by atoms with van der Waals surface area (Å²) < 4.78 is 0. The van der Waals surface area contributed by atoms with Gasteiger partial charge in [0.2, 0.25) is 0 Å². The molecule has 0 radical (unpaired) electrons. The number of hydrogen-bond donors (Lipinski definition) is 0. The van der Waals surface area contributed by atoms with Crippen LogP contribution in [0.1, 0.15) is 231 Å². The van der Waals surface area contributed by atoms with Crippen LogP contribution < -0.4 is 0 Å². The molecule has 0 N–H and O–H groups in total. The van der Waals surface area contributed by atoms with Gasteiger partial charge >= 0.3 is 0 Å². The van der Waals surface area contributed by atoms with Gasteiger partial charge < -0.3 is 0 Å². The van der Waals surface area contributed by atoms with Crippen LogP contribution in [0.3, 0.4) is 0 Å². The van der Waals surface area contributed by atoms with E-state index < -0.39 is 0 Å². The van der Waals surface area contributed by atoms with Gasteiger partial charge in [-0.25, -0.2) is 0 Å². The monoisotopic (exact) mass is 584 g/mol. The third kappa shape index (κ3) is 26.8. The number of unbranched alkanes of at least 4 members (excludes halogenated alkanes) is 30. The Morgan fingerprint density at radius 2 is 0.643 bits per heavy atom. The van der Waals surface area contributed by atoms with Crippen molar-refractivity contribution < 1.29 is 0 Å². The van der Waals surface area contributed by atoms with Crippen molar-refractivity contribution in [1.29, 1.82) is 0 Å². The molecule has 0 unspecified atom stereocenters. The van der Waals surface area contributed by atoms with Gasteiger partial charge in [0.05, 0.1) is 0 Å². The molecule has 0 amide bonds. The Kier molecular flexibility index (Phi) is 30.8. The van der Waals surface area contributed by atoms with E-state index in [2.05, 4.69) is 26.0 Å². The van der Waals surface area contributed by atoms with Crippen LogP contribution in [0.25, 0.3) is 0 Å². The zero-order valence-electron chi connectivity index (χ0n) is 29.2. The number of nitrogens with zero attached hydrogens (tertiary/aromatic N) is 1. The van der Waals surface area contributed by atoms with E-state index in [1.165, 1.54) is 230 Å². The van der Waals surface area contributed by atoms with Crippen LogP contribution in [-0.2, 0) is 12.8 Å². The second-order valence-corrected chi connectivity index (χ2v) is 13.7. The van der Waals surface area contributed by atoms with Crippen LogP contribution in [0.5, 0.6) is 0 Å². The van der Waals surface area contributed by atoms with Crippen LogP contribution in [0.4, 0.5) is 0 Å². The number of rotatable bonds is 34. The largest absolute Gasteiger partial charge is 0.261 e. The molecular weight excluding hydrogens is 506 g/mol. The molecule has 0 spiro atoms. The molecule has 0 bridgehead atoms. The predicted molar refractivity (Wildman–Crippen MR) is 191 cm³/mol. The minimum Gasteiger partial charge on any atom is -0.261 e. The van der Waals surface area contributed by atoms with E-state index in [-0.39, 0.29) is 0 Å². The van der Waals surface area contributed by atoms with Gasteiger partial charge in [0.25, 0.3) is 0 Å². The van der Waals surface area contributed by atoms with Crippen LogP contribution in [0.2, 0.25) is 0 Å². The van der Waals surface area contributed by atoms with E-state index in [0.29, 0.717) is 0 Å². The standard InChI is InChI=1S/C41H77N/c1-3-5-7-9-11-13-15-17-19-21-23-25-27-29-31-33-36-40-37-35-39-42-41(40)38-34-32-30-28-26-24-22-20-18-16-14-12-10-8-6-4-2/h35,37,39H,3-34,36,38H2,1-2H3. The summed E-state index contributed by atoms with van der Waals surface area (Å²) in [6, 6.07) is 4.50. The molecule has 0 saturated heterocycles. The van der Waals surface area contributed by atoms with E-state index >= 15 is 0 Å². The first kappa shape index (κ1) is 39.2. The number of aromatic nitrogens is 1. The maximum absolute atomic E-state index is 4.78. The number of hydrogen-bond acceptors (Lipinski definition) is 1. The van der Waals surface area contributed by atoms with Crippen molar-refractivity contribution in [3.05, 3.63) is 29.6 Å². The normalized spacial score (nSPS) is 11.5. The Bertz CT molecular complexity index is 582. The fourth-order valence-corrected chi connectivity index (χ4v) is 6.63. The highest BCUT2D eigenvalue weighted by atomic mass is 14.7. The molecular formula is C41H77N. The molecule has 0 aliphatic heterocycles. The maximum Gasteiger partial charge on any atom is 0.0435 e. The maximum atomic E-state index is 4.78. The SMILES string of the molecule is CCCCCCCCCCCCCCCCCCc1cccnc1CCCCCCCCCCCCCCCCCC. The second kappa shape index (κ2) is 33.1. The first-order valence-corrected chi connectivity index (χ1v) is 19.8. The van der Waals surface area contributed by atoms with Crippen molar-refractivity contribution in [3.8, 4) is 0 Å². The average Bonchev–Trinajstić information content (AvgIpc) is 3.01. The molecule has 1 aromatic heterocycles. The van der Waals surface area contributed by atoms with Gasteiger partial charge in [0, 0.05) is 11.9 Å². The number of aryl methyl sites for hydroxylation is 2. The first-order valence-electron chi connectivity index (χ1n) is 19.8. The molecule has 42 heavy (non-hydrogen) atoms. The molecule has 1 heteroatoms. The minimum absolute atomic E-state index is 1.19. The van der Waals surface area contributed by atoms with Gasteiger partial charge in [-0.05, 0) is 37.3 Å². The van der Waals surface area contributed by atoms with Crippen molar-refractivity contribution in [1.82, 2.24) is 4.98 Å². The molecule has 1 rings (SSSR count). The van der Waals surface area contributed by atoms with Gasteiger partial charge in [-0.1, -0.05) is 213 Å². The van der Waals surface area contributed by atoms with Gasteiger partial charge in [-0.3, -0.25) is 4.98 Å². The summed E-state index contributed by atoms with van der Waals surface area (Å²) >= 11 is 0. The van der Waals surface area contributed by atoms with Gasteiger partial charge in [0.15, 0.2) is 0 Å². The summed E-state index contributed by atoms with van der Waals surface area (Å²) in [5.74, 6) is 0. The highest BCUT2D eigenvalue weighted by Crippen LogP contribution is 2.18. The quantitative estimate of drug-likeness (QED) is 0.0735. The lowest BCUT2D eigenvalue weighted by Crippen LogP contribution is -1.98. The van der Waals surface area contributed by atoms with Crippen molar-refractivity contribution in [3.63, 3.8) is 0 Å². The minimum atomic E-state index is 1.19. The summed E-state index contributed by atoms with van der Waals surface area (Å²) in [7, 11) is 0. The second-order valence-electron chi connectivity index (χ2n) is 13.7. The van der Waals surface area contributed by atoms with Crippen LogP contribution in [0.15, 0.2) is 18.3 Å². The molecule has 0 aliphatic carbocycles. The molecule has 0 aliphatic rings. The lowest BCUT2D eigenvalue weighted by molar-refractivity contribution is 0.528. The number of pyridine rings is 1. The Morgan fingerprint density at radius 1 is 0.357 bits per heavy atom. The lowest BCUT2D eigenvalue weighted by atomic mass is 10.00. The Morgan fingerprint density at radius 3 is 0.976 bits per heavy atom. The molecule has 0 aromatic carbocycles. The third-order valence-corrected chi connectivity index (χ3v) is 9.55. The highest BCUT2D eigenvalue weighted by Gasteiger charge is 2.04. The van der Waals surface area contributed by atoms with E-state index in [1.54, 1.807) is 0 Å². The Balaban J connectivity index is 1.88. The topological polar surface area (TPSA) is 12.9 Å². The zero-order chi connectivity index (χ0) is 30.0. The Hall–Kier alpha value is -0.850. The van der Waals surface area contributed by atoms with Gasteiger partial charge in [0.1, 0.15) is 0 Å². The smallest absolute Gasteiger partial charge is 0.0435 e. The molecule has 0 fully saturated rings. The molecule has 0 saturated carbocycles. The molecule has 1 aromatic rings. The Labute approximate surface area is 266 Å². The third-order valence-electron chi connectivity index (χ3n) is 9.55. The van der Waals surface area contributed by atoms with Crippen molar-refractivity contribution in [2.24, 2.45) is 0 Å². The molecule has 246 valence electrons. The van der Waals surface area contributed by atoms with Crippen molar-refractivity contribution in [2.45, 2.75) is 232 Å². The van der Waals surface area contributed by atoms with E-state index in [9.17, 15) is 0 Å². The summed E-state index contributed by atoms with van der Waals surface area (Å²) in [5, 5.41) is 0. The van der Waals surface area contributed by atoms with E-state index in [1.807, 2.05) is 6.20 Å². The van der Waals surface area contributed by atoms with Crippen molar-refractivity contribution >= 4 is 0 Å². The fourth-order valence-electron chi connectivity index (χ4n) is 6.63. The summed E-state index contributed by atoms with van der Waals surface area (Å²) in [6.45, 7) is 4.61. The van der Waals surface area contributed by atoms with Crippen LogP contribution in [0, 0.1) is 0 Å². The van der Waals surface area contributed by atoms with E-state index in [0.717, 1.165) is 0 Å². The molecule has 1 nitrogen and oxygen atoms in total. The summed E-state index contributed by atoms with van der Waals surface area (Å²) in [5.41, 5.74) is 2.92. The van der Waals surface area contributed by atoms with Crippen LogP contribution in [-0.4, -0.2) is 4.98 Å². The van der Waals surface area contributed by atoms with Gasteiger partial charge in [-0.2, -0.15) is 0 Å². The molecule has 0 atom stereocenters. The van der Waals surface area contributed by atoms with Gasteiger partial charge in [-0.15, -0.1) is 0 Å². The average molecular weight is 584 g/mol. The van der Waals surface area contributed by atoms with Crippen LogP contribution >= 0.6 is 0 Å². The zero-order valence-corrected chi connectivity index (χ0v) is 29.2. The first-order chi connectivity index (χ1) is 20.9.